The Balaban J connectivity index is 2.41. The molecule has 0 atom stereocenters. The number of aryl methyl sites for hydroxylation is 1. The SMILES string of the molecule is CSCCCc1cccc(N)c1. The summed E-state index contributed by atoms with van der Waals surface area (Å²) in [5, 5.41) is 0. The number of thioether (sulfide) groups is 1. The summed E-state index contributed by atoms with van der Waals surface area (Å²) in [5.74, 6) is 1.23. The fraction of sp³-hybridized carbons (Fsp3) is 0.400. The maximum atomic E-state index is 5.66. The molecule has 0 aromatic heterocycles. The number of hydrogen-bond acceptors (Lipinski definition) is 2. The molecule has 0 fully saturated rings. The molecule has 2 heteroatoms. The Labute approximate surface area is 78.4 Å². The maximum absolute atomic E-state index is 5.66. The first-order valence-electron chi connectivity index (χ1n) is 4.16. The number of anilines is 1. The average Bonchev–Trinajstić information content (AvgIpc) is 2.05. The molecule has 0 saturated heterocycles. The van der Waals surface area contributed by atoms with E-state index in [1.165, 1.54) is 17.7 Å². The lowest BCUT2D eigenvalue weighted by Gasteiger charge is -2.00. The topological polar surface area (TPSA) is 26.0 Å². The van der Waals surface area contributed by atoms with E-state index in [0.29, 0.717) is 0 Å². The summed E-state index contributed by atoms with van der Waals surface area (Å²) in [6.07, 6.45) is 4.52. The first-order chi connectivity index (χ1) is 5.83. The Morgan fingerprint density at radius 2 is 2.25 bits per heavy atom. The second kappa shape index (κ2) is 5.09. The fourth-order valence-electron chi connectivity index (χ4n) is 1.17. The van der Waals surface area contributed by atoms with Crippen molar-refractivity contribution < 1.29 is 0 Å². The summed E-state index contributed by atoms with van der Waals surface area (Å²) in [6.45, 7) is 0. The van der Waals surface area contributed by atoms with Gasteiger partial charge in [-0.3, -0.25) is 0 Å². The highest BCUT2D eigenvalue weighted by Crippen LogP contribution is 2.09. The van der Waals surface area contributed by atoms with E-state index in [4.69, 9.17) is 5.73 Å². The first-order valence-corrected chi connectivity index (χ1v) is 5.55. The van der Waals surface area contributed by atoms with E-state index in [2.05, 4.69) is 18.4 Å². The largest absolute Gasteiger partial charge is 0.399 e. The minimum absolute atomic E-state index is 0.872. The highest BCUT2D eigenvalue weighted by molar-refractivity contribution is 7.98. The van der Waals surface area contributed by atoms with Crippen LogP contribution in [0.15, 0.2) is 24.3 Å². The van der Waals surface area contributed by atoms with Gasteiger partial charge in [0.2, 0.25) is 0 Å². The molecule has 0 aliphatic carbocycles. The monoisotopic (exact) mass is 181 g/mol. The lowest BCUT2D eigenvalue weighted by molar-refractivity contribution is 0.935. The Bertz CT molecular complexity index is 235. The molecule has 12 heavy (non-hydrogen) atoms. The Morgan fingerprint density at radius 3 is 2.92 bits per heavy atom. The second-order valence-corrected chi connectivity index (χ2v) is 3.83. The third-order valence-electron chi connectivity index (χ3n) is 1.76. The molecule has 1 nitrogen and oxygen atoms in total. The summed E-state index contributed by atoms with van der Waals surface area (Å²) in [4.78, 5) is 0. The van der Waals surface area contributed by atoms with Crippen molar-refractivity contribution in [2.45, 2.75) is 12.8 Å². The molecule has 2 N–H and O–H groups in total. The standard InChI is InChI=1S/C10H15NS/c1-12-7-3-5-9-4-2-6-10(11)8-9/h2,4,6,8H,3,5,7,11H2,1H3. The molecule has 66 valence electrons. The zero-order valence-electron chi connectivity index (χ0n) is 7.42. The first kappa shape index (κ1) is 9.46. The Morgan fingerprint density at radius 1 is 1.42 bits per heavy atom. The molecule has 1 rings (SSSR count). The predicted octanol–water partition coefficient (Wildman–Crippen LogP) is 2.56. The Hall–Kier alpha value is -0.630. The van der Waals surface area contributed by atoms with Gasteiger partial charge < -0.3 is 5.73 Å². The lowest BCUT2D eigenvalue weighted by Crippen LogP contribution is -1.90. The van der Waals surface area contributed by atoms with E-state index in [1.807, 2.05) is 23.9 Å². The molecule has 0 saturated carbocycles. The van der Waals surface area contributed by atoms with Crippen molar-refractivity contribution in [2.75, 3.05) is 17.7 Å². The van der Waals surface area contributed by atoms with Crippen LogP contribution in [0.4, 0.5) is 5.69 Å². The van der Waals surface area contributed by atoms with Gasteiger partial charge in [0.1, 0.15) is 0 Å². The molecule has 1 aromatic carbocycles. The minimum Gasteiger partial charge on any atom is -0.399 e. The van der Waals surface area contributed by atoms with Crippen LogP contribution in [0.5, 0.6) is 0 Å². The van der Waals surface area contributed by atoms with Gasteiger partial charge in [0, 0.05) is 5.69 Å². The minimum atomic E-state index is 0.872. The smallest absolute Gasteiger partial charge is 0.0316 e. The van der Waals surface area contributed by atoms with E-state index in [-0.39, 0.29) is 0 Å². The molecule has 0 heterocycles. The quantitative estimate of drug-likeness (QED) is 0.570. The van der Waals surface area contributed by atoms with Crippen LogP contribution in [-0.4, -0.2) is 12.0 Å². The van der Waals surface area contributed by atoms with Crippen LogP contribution in [0.3, 0.4) is 0 Å². The van der Waals surface area contributed by atoms with Gasteiger partial charge in [-0.15, -0.1) is 0 Å². The predicted molar refractivity (Wildman–Crippen MR) is 57.6 cm³/mol. The highest BCUT2D eigenvalue weighted by Gasteiger charge is 1.92. The van der Waals surface area contributed by atoms with Crippen molar-refractivity contribution in [3.05, 3.63) is 29.8 Å². The number of benzene rings is 1. The highest BCUT2D eigenvalue weighted by atomic mass is 32.2. The van der Waals surface area contributed by atoms with E-state index >= 15 is 0 Å². The van der Waals surface area contributed by atoms with E-state index in [1.54, 1.807) is 0 Å². The molecule has 0 spiro atoms. The van der Waals surface area contributed by atoms with Crippen molar-refractivity contribution in [3.63, 3.8) is 0 Å². The Kier molecular flexibility index (Phi) is 4.01. The zero-order chi connectivity index (χ0) is 8.81. The van der Waals surface area contributed by atoms with Crippen molar-refractivity contribution in [1.82, 2.24) is 0 Å². The number of nitrogen functional groups attached to an aromatic ring is 1. The van der Waals surface area contributed by atoms with Gasteiger partial charge >= 0.3 is 0 Å². The molecular weight excluding hydrogens is 166 g/mol. The summed E-state index contributed by atoms with van der Waals surface area (Å²) < 4.78 is 0. The normalized spacial score (nSPS) is 10.1. The van der Waals surface area contributed by atoms with Crippen LogP contribution >= 0.6 is 11.8 Å². The van der Waals surface area contributed by atoms with Gasteiger partial charge in [-0.05, 0) is 42.5 Å². The van der Waals surface area contributed by atoms with Gasteiger partial charge in [0.15, 0.2) is 0 Å². The zero-order valence-corrected chi connectivity index (χ0v) is 8.23. The molecule has 0 amide bonds. The van der Waals surface area contributed by atoms with Gasteiger partial charge in [-0.2, -0.15) is 11.8 Å². The van der Waals surface area contributed by atoms with Crippen LogP contribution in [0, 0.1) is 0 Å². The second-order valence-electron chi connectivity index (χ2n) is 2.84. The maximum Gasteiger partial charge on any atom is 0.0316 e. The van der Waals surface area contributed by atoms with Crippen molar-refractivity contribution in [2.24, 2.45) is 0 Å². The number of rotatable bonds is 4. The van der Waals surface area contributed by atoms with Crippen molar-refractivity contribution in [1.29, 1.82) is 0 Å². The van der Waals surface area contributed by atoms with E-state index in [9.17, 15) is 0 Å². The molecular formula is C10H15NS. The summed E-state index contributed by atoms with van der Waals surface area (Å²) >= 11 is 1.89. The van der Waals surface area contributed by atoms with Crippen LogP contribution < -0.4 is 5.73 Å². The van der Waals surface area contributed by atoms with E-state index in [0.717, 1.165) is 12.1 Å². The van der Waals surface area contributed by atoms with Crippen LogP contribution in [0.1, 0.15) is 12.0 Å². The summed E-state index contributed by atoms with van der Waals surface area (Å²) in [6, 6.07) is 8.14. The van der Waals surface area contributed by atoms with Gasteiger partial charge in [-0.25, -0.2) is 0 Å². The van der Waals surface area contributed by atoms with Crippen molar-refractivity contribution >= 4 is 17.4 Å². The van der Waals surface area contributed by atoms with Crippen LogP contribution in [0.25, 0.3) is 0 Å². The third-order valence-corrected chi connectivity index (χ3v) is 2.46. The van der Waals surface area contributed by atoms with Gasteiger partial charge in [0.05, 0.1) is 0 Å². The van der Waals surface area contributed by atoms with Crippen LogP contribution in [-0.2, 0) is 6.42 Å². The van der Waals surface area contributed by atoms with E-state index < -0.39 is 0 Å². The van der Waals surface area contributed by atoms with Crippen LogP contribution in [0.2, 0.25) is 0 Å². The molecule has 0 unspecified atom stereocenters. The molecule has 0 bridgehead atoms. The van der Waals surface area contributed by atoms with Gasteiger partial charge in [-0.1, -0.05) is 12.1 Å². The molecule has 0 aliphatic rings. The van der Waals surface area contributed by atoms with Gasteiger partial charge in [0.25, 0.3) is 0 Å². The van der Waals surface area contributed by atoms with Crippen molar-refractivity contribution in [3.8, 4) is 0 Å². The summed E-state index contributed by atoms with van der Waals surface area (Å²) in [7, 11) is 0. The lowest BCUT2D eigenvalue weighted by atomic mass is 10.1. The molecule has 1 aromatic rings. The average molecular weight is 181 g/mol. The molecule has 0 radical (unpaired) electrons. The summed E-state index contributed by atoms with van der Waals surface area (Å²) in [5.41, 5.74) is 7.88. The number of hydrogen-bond donors (Lipinski definition) is 1. The third kappa shape index (κ3) is 3.18. The fourth-order valence-corrected chi connectivity index (χ4v) is 1.60. The number of nitrogens with two attached hydrogens (primary N) is 1. The molecule has 0 aliphatic heterocycles.